The first kappa shape index (κ1) is 11.8. The molecule has 86 valence electrons. The van der Waals surface area contributed by atoms with Gasteiger partial charge in [0.15, 0.2) is 0 Å². The van der Waals surface area contributed by atoms with Gasteiger partial charge >= 0.3 is 0 Å². The highest BCUT2D eigenvalue weighted by atomic mass is 35.5. The van der Waals surface area contributed by atoms with Crippen LogP contribution in [-0.4, -0.2) is 21.2 Å². The van der Waals surface area contributed by atoms with E-state index in [1.165, 1.54) is 0 Å². The quantitative estimate of drug-likeness (QED) is 0.686. The molecule has 2 rings (SSSR count). The number of hydrogen-bond donors (Lipinski definition) is 1. The van der Waals surface area contributed by atoms with E-state index in [9.17, 15) is 0 Å². The standard InChI is InChI=1S/C10H7Cl2N5/c11-8-14-9(12)16-10(15-8)17-13-6-7-4-2-1-3-5-7/h1-6H,(H,14,15,16,17)/b13-6+. The van der Waals surface area contributed by atoms with E-state index in [0.717, 1.165) is 5.56 Å². The minimum atomic E-state index is 0.0161. The largest absolute Gasteiger partial charge is 0.249 e. The zero-order valence-electron chi connectivity index (χ0n) is 8.51. The van der Waals surface area contributed by atoms with Crippen LogP contribution in [0.2, 0.25) is 10.6 Å². The fourth-order valence-corrected chi connectivity index (χ4v) is 1.44. The average molecular weight is 268 g/mol. The van der Waals surface area contributed by atoms with Crippen LogP contribution < -0.4 is 5.43 Å². The Bertz CT molecular complexity index is 509. The molecule has 0 fully saturated rings. The molecule has 0 aliphatic heterocycles. The molecule has 0 atom stereocenters. The molecule has 0 saturated carbocycles. The number of anilines is 1. The third-order valence-electron chi connectivity index (χ3n) is 1.76. The molecular weight excluding hydrogens is 261 g/mol. The zero-order chi connectivity index (χ0) is 12.1. The number of hydrazone groups is 1. The second kappa shape index (κ2) is 5.56. The summed E-state index contributed by atoms with van der Waals surface area (Å²) < 4.78 is 0. The van der Waals surface area contributed by atoms with E-state index in [0.29, 0.717) is 0 Å². The Kier molecular flexibility index (Phi) is 3.85. The predicted octanol–water partition coefficient (Wildman–Crippen LogP) is 2.62. The van der Waals surface area contributed by atoms with Crippen molar-refractivity contribution >= 4 is 35.4 Å². The van der Waals surface area contributed by atoms with Gasteiger partial charge in [-0.25, -0.2) is 5.43 Å². The Morgan fingerprint density at radius 1 is 1.00 bits per heavy atom. The smallest absolute Gasteiger partial charge is 0.245 e. The third kappa shape index (κ3) is 3.65. The van der Waals surface area contributed by atoms with Crippen LogP contribution in [0.3, 0.4) is 0 Å². The molecule has 0 bridgehead atoms. The van der Waals surface area contributed by atoms with Gasteiger partial charge in [0, 0.05) is 0 Å². The summed E-state index contributed by atoms with van der Waals surface area (Å²) in [4.78, 5) is 11.2. The summed E-state index contributed by atoms with van der Waals surface area (Å²) in [6, 6.07) is 9.59. The number of halogens is 2. The summed E-state index contributed by atoms with van der Waals surface area (Å²) in [7, 11) is 0. The van der Waals surface area contributed by atoms with Gasteiger partial charge in [-0.15, -0.1) is 0 Å². The predicted molar refractivity (Wildman–Crippen MR) is 67.5 cm³/mol. The molecule has 0 spiro atoms. The van der Waals surface area contributed by atoms with Gasteiger partial charge < -0.3 is 0 Å². The van der Waals surface area contributed by atoms with Crippen LogP contribution in [0.4, 0.5) is 5.95 Å². The van der Waals surface area contributed by atoms with Crippen molar-refractivity contribution in [1.29, 1.82) is 0 Å². The van der Waals surface area contributed by atoms with Crippen molar-refractivity contribution in [2.45, 2.75) is 0 Å². The SMILES string of the molecule is Clc1nc(Cl)nc(N/N=C/c2ccccc2)n1. The van der Waals surface area contributed by atoms with Gasteiger partial charge in [-0.2, -0.15) is 20.1 Å². The molecule has 2 aromatic rings. The van der Waals surface area contributed by atoms with Crippen molar-refractivity contribution in [1.82, 2.24) is 15.0 Å². The molecule has 0 radical (unpaired) electrons. The van der Waals surface area contributed by atoms with Gasteiger partial charge in [0.2, 0.25) is 16.5 Å². The first-order valence-electron chi connectivity index (χ1n) is 4.65. The molecule has 0 amide bonds. The maximum atomic E-state index is 5.61. The van der Waals surface area contributed by atoms with Crippen molar-refractivity contribution in [2.75, 3.05) is 5.43 Å². The molecular formula is C10H7Cl2N5. The average Bonchev–Trinajstić information content (AvgIpc) is 2.29. The van der Waals surface area contributed by atoms with Crippen LogP contribution in [0.25, 0.3) is 0 Å². The highest BCUT2D eigenvalue weighted by molar-refractivity contribution is 6.31. The first-order valence-corrected chi connectivity index (χ1v) is 5.41. The molecule has 0 unspecified atom stereocenters. The molecule has 7 heteroatoms. The number of nitrogens with one attached hydrogen (secondary N) is 1. The van der Waals surface area contributed by atoms with Crippen molar-refractivity contribution in [3.63, 3.8) is 0 Å². The molecule has 1 aromatic carbocycles. The summed E-state index contributed by atoms with van der Waals surface area (Å²) >= 11 is 11.2. The van der Waals surface area contributed by atoms with Crippen molar-refractivity contribution in [3.05, 3.63) is 46.5 Å². The lowest BCUT2D eigenvalue weighted by Crippen LogP contribution is -1.99. The number of rotatable bonds is 3. The molecule has 17 heavy (non-hydrogen) atoms. The number of aromatic nitrogens is 3. The van der Waals surface area contributed by atoms with E-state index in [2.05, 4.69) is 25.5 Å². The fourth-order valence-electron chi connectivity index (χ4n) is 1.08. The first-order chi connectivity index (χ1) is 8.24. The van der Waals surface area contributed by atoms with Crippen molar-refractivity contribution in [3.8, 4) is 0 Å². The second-order valence-electron chi connectivity index (χ2n) is 2.98. The van der Waals surface area contributed by atoms with Crippen LogP contribution in [-0.2, 0) is 0 Å². The van der Waals surface area contributed by atoms with E-state index >= 15 is 0 Å². The third-order valence-corrected chi connectivity index (χ3v) is 2.10. The highest BCUT2D eigenvalue weighted by Gasteiger charge is 2.00. The van der Waals surface area contributed by atoms with E-state index in [-0.39, 0.29) is 16.5 Å². The molecule has 1 heterocycles. The molecule has 0 aliphatic rings. The molecule has 5 nitrogen and oxygen atoms in total. The van der Waals surface area contributed by atoms with Gasteiger partial charge in [0.05, 0.1) is 6.21 Å². The van der Waals surface area contributed by atoms with Gasteiger partial charge in [-0.1, -0.05) is 30.3 Å². The van der Waals surface area contributed by atoms with Crippen LogP contribution >= 0.6 is 23.2 Å². The lowest BCUT2D eigenvalue weighted by Gasteiger charge is -1.98. The number of benzene rings is 1. The van der Waals surface area contributed by atoms with Crippen LogP contribution in [0.5, 0.6) is 0 Å². The van der Waals surface area contributed by atoms with Crippen LogP contribution in [0.15, 0.2) is 35.4 Å². The Labute approximate surface area is 108 Å². The Hall–Kier alpha value is -1.72. The van der Waals surface area contributed by atoms with Gasteiger partial charge in [-0.05, 0) is 28.8 Å². The van der Waals surface area contributed by atoms with E-state index in [4.69, 9.17) is 23.2 Å². The van der Waals surface area contributed by atoms with Gasteiger partial charge in [0.25, 0.3) is 0 Å². The highest BCUT2D eigenvalue weighted by Crippen LogP contribution is 2.09. The zero-order valence-corrected chi connectivity index (χ0v) is 10.0. The monoisotopic (exact) mass is 267 g/mol. The lowest BCUT2D eigenvalue weighted by atomic mass is 10.2. The summed E-state index contributed by atoms with van der Waals surface area (Å²) in [5, 5.41) is 3.98. The molecule has 1 N–H and O–H groups in total. The fraction of sp³-hybridized carbons (Fsp3) is 0. The number of nitrogens with zero attached hydrogens (tertiary/aromatic N) is 4. The van der Waals surface area contributed by atoms with Crippen molar-refractivity contribution < 1.29 is 0 Å². The summed E-state index contributed by atoms with van der Waals surface area (Å²) in [5.41, 5.74) is 3.56. The minimum Gasteiger partial charge on any atom is -0.245 e. The summed E-state index contributed by atoms with van der Waals surface area (Å²) in [6.45, 7) is 0. The van der Waals surface area contributed by atoms with Crippen molar-refractivity contribution in [2.24, 2.45) is 5.10 Å². The van der Waals surface area contributed by atoms with Gasteiger partial charge in [-0.3, -0.25) is 0 Å². The molecule has 0 saturated heterocycles. The van der Waals surface area contributed by atoms with Crippen LogP contribution in [0, 0.1) is 0 Å². The van der Waals surface area contributed by atoms with E-state index in [1.54, 1.807) is 6.21 Å². The Balaban J connectivity index is 2.05. The van der Waals surface area contributed by atoms with Gasteiger partial charge in [0.1, 0.15) is 0 Å². The number of hydrogen-bond acceptors (Lipinski definition) is 5. The Morgan fingerprint density at radius 3 is 2.29 bits per heavy atom. The van der Waals surface area contributed by atoms with E-state index < -0.39 is 0 Å². The normalized spacial score (nSPS) is 10.7. The maximum absolute atomic E-state index is 5.61. The minimum absolute atomic E-state index is 0.0161. The maximum Gasteiger partial charge on any atom is 0.249 e. The van der Waals surface area contributed by atoms with E-state index in [1.807, 2.05) is 30.3 Å². The Morgan fingerprint density at radius 2 is 1.65 bits per heavy atom. The lowest BCUT2D eigenvalue weighted by molar-refractivity contribution is 1.03. The molecule has 1 aromatic heterocycles. The summed E-state index contributed by atoms with van der Waals surface area (Å²) in [6.07, 6.45) is 1.63. The molecule has 0 aliphatic carbocycles. The van der Waals surface area contributed by atoms with Crippen LogP contribution in [0.1, 0.15) is 5.56 Å². The summed E-state index contributed by atoms with van der Waals surface area (Å²) in [5.74, 6) is 0.196. The topological polar surface area (TPSA) is 63.1 Å². The second-order valence-corrected chi connectivity index (χ2v) is 3.65.